The molecule has 2 rings (SSSR count). The molecule has 0 radical (unpaired) electrons. The van der Waals surface area contributed by atoms with Crippen LogP contribution in [-0.4, -0.2) is 23.9 Å². The zero-order valence-electron chi connectivity index (χ0n) is 6.42. The van der Waals surface area contributed by atoms with Gasteiger partial charge in [0.15, 0.2) is 10.4 Å². The first-order valence-electron chi connectivity index (χ1n) is 3.82. The van der Waals surface area contributed by atoms with Gasteiger partial charge in [-0.05, 0) is 34.5 Å². The zero-order valence-corrected chi connectivity index (χ0v) is 8.00. The summed E-state index contributed by atoms with van der Waals surface area (Å²) in [5.74, 6) is 0.411. The molecule has 0 unspecified atom stereocenters. The molecular formula is C8H8BrNO2. The van der Waals surface area contributed by atoms with Crippen molar-refractivity contribution in [1.29, 1.82) is 0 Å². The molecule has 1 aliphatic heterocycles. The van der Waals surface area contributed by atoms with Gasteiger partial charge in [-0.15, -0.1) is 0 Å². The maximum Gasteiger partial charge on any atom is 0.289 e. The van der Waals surface area contributed by atoms with Crippen LogP contribution < -0.4 is 0 Å². The Balaban J connectivity index is 2.13. The number of amides is 1. The van der Waals surface area contributed by atoms with E-state index >= 15 is 0 Å². The van der Waals surface area contributed by atoms with E-state index in [0.717, 1.165) is 19.5 Å². The van der Waals surface area contributed by atoms with Gasteiger partial charge in [0.25, 0.3) is 5.91 Å². The average molecular weight is 230 g/mol. The Hall–Kier alpha value is -0.770. The van der Waals surface area contributed by atoms with Gasteiger partial charge in [0.1, 0.15) is 0 Å². The minimum Gasteiger partial charge on any atom is -0.444 e. The molecule has 0 bridgehead atoms. The van der Waals surface area contributed by atoms with Crippen molar-refractivity contribution in [2.24, 2.45) is 0 Å². The van der Waals surface area contributed by atoms with Gasteiger partial charge in [-0.3, -0.25) is 4.79 Å². The topological polar surface area (TPSA) is 33.5 Å². The van der Waals surface area contributed by atoms with E-state index in [1.807, 2.05) is 0 Å². The van der Waals surface area contributed by atoms with Crippen LogP contribution in [-0.2, 0) is 0 Å². The van der Waals surface area contributed by atoms with E-state index in [-0.39, 0.29) is 5.91 Å². The number of hydrogen-bond donors (Lipinski definition) is 0. The highest BCUT2D eigenvalue weighted by Crippen LogP contribution is 2.18. The molecule has 12 heavy (non-hydrogen) atoms. The quantitative estimate of drug-likeness (QED) is 0.738. The van der Waals surface area contributed by atoms with Crippen molar-refractivity contribution in [1.82, 2.24) is 4.90 Å². The monoisotopic (exact) mass is 229 g/mol. The fourth-order valence-electron chi connectivity index (χ4n) is 1.10. The molecule has 1 aliphatic rings. The molecule has 2 heterocycles. The average Bonchev–Trinajstić information content (AvgIpc) is 2.31. The van der Waals surface area contributed by atoms with Crippen LogP contribution in [0.25, 0.3) is 0 Å². The third-order valence-electron chi connectivity index (χ3n) is 1.93. The third-order valence-corrected chi connectivity index (χ3v) is 2.35. The molecule has 0 atom stereocenters. The maximum atomic E-state index is 11.5. The summed E-state index contributed by atoms with van der Waals surface area (Å²) in [5, 5.41) is 0. The molecule has 1 amide bonds. The van der Waals surface area contributed by atoms with Crippen molar-refractivity contribution in [2.75, 3.05) is 13.1 Å². The van der Waals surface area contributed by atoms with Gasteiger partial charge in [-0.1, -0.05) is 0 Å². The highest BCUT2D eigenvalue weighted by molar-refractivity contribution is 9.10. The van der Waals surface area contributed by atoms with Gasteiger partial charge in [0.05, 0.1) is 0 Å². The summed E-state index contributed by atoms with van der Waals surface area (Å²) in [7, 11) is 0. The van der Waals surface area contributed by atoms with Gasteiger partial charge in [0.2, 0.25) is 0 Å². The number of rotatable bonds is 1. The van der Waals surface area contributed by atoms with Crippen LogP contribution in [0.1, 0.15) is 17.0 Å². The van der Waals surface area contributed by atoms with E-state index in [1.54, 1.807) is 17.0 Å². The summed E-state index contributed by atoms with van der Waals surface area (Å²) < 4.78 is 5.73. The van der Waals surface area contributed by atoms with Gasteiger partial charge < -0.3 is 9.32 Å². The van der Waals surface area contributed by atoms with Crippen molar-refractivity contribution in [3.8, 4) is 0 Å². The predicted molar refractivity (Wildman–Crippen MR) is 46.9 cm³/mol. The Bertz CT molecular complexity index is 304. The fraction of sp³-hybridized carbons (Fsp3) is 0.375. The van der Waals surface area contributed by atoms with Crippen LogP contribution in [0.4, 0.5) is 0 Å². The minimum atomic E-state index is -0.00745. The van der Waals surface area contributed by atoms with Crippen molar-refractivity contribution in [2.45, 2.75) is 6.42 Å². The van der Waals surface area contributed by atoms with E-state index < -0.39 is 0 Å². The standard InChI is InChI=1S/C8H8BrNO2/c9-7-3-2-6(12-7)8(11)10-4-1-5-10/h2-3H,1,4-5H2. The third kappa shape index (κ3) is 1.27. The van der Waals surface area contributed by atoms with E-state index in [1.165, 1.54) is 0 Å². The number of nitrogens with zero attached hydrogens (tertiary/aromatic N) is 1. The number of likely N-dealkylation sites (tertiary alicyclic amines) is 1. The van der Waals surface area contributed by atoms with E-state index in [0.29, 0.717) is 10.4 Å². The van der Waals surface area contributed by atoms with E-state index in [9.17, 15) is 4.79 Å². The number of carbonyl (C=O) groups excluding carboxylic acids is 1. The Morgan fingerprint density at radius 3 is 2.67 bits per heavy atom. The highest BCUT2D eigenvalue weighted by atomic mass is 79.9. The van der Waals surface area contributed by atoms with Crippen LogP contribution in [0.3, 0.4) is 0 Å². The smallest absolute Gasteiger partial charge is 0.289 e. The summed E-state index contributed by atoms with van der Waals surface area (Å²) in [6, 6.07) is 3.41. The highest BCUT2D eigenvalue weighted by Gasteiger charge is 2.23. The van der Waals surface area contributed by atoms with Crippen molar-refractivity contribution >= 4 is 21.8 Å². The molecule has 64 valence electrons. The predicted octanol–water partition coefficient (Wildman–Crippen LogP) is 1.89. The molecule has 0 N–H and O–H groups in total. The molecule has 3 nitrogen and oxygen atoms in total. The number of furan rings is 1. The lowest BCUT2D eigenvalue weighted by atomic mass is 10.2. The SMILES string of the molecule is O=C(c1ccc(Br)o1)N1CCC1. The minimum absolute atomic E-state index is 0.00745. The second-order valence-corrected chi connectivity index (χ2v) is 3.53. The van der Waals surface area contributed by atoms with Crippen molar-refractivity contribution < 1.29 is 9.21 Å². The molecule has 4 heteroatoms. The van der Waals surface area contributed by atoms with Crippen LogP contribution >= 0.6 is 15.9 Å². The van der Waals surface area contributed by atoms with Crippen LogP contribution in [0, 0.1) is 0 Å². The zero-order chi connectivity index (χ0) is 8.55. The summed E-state index contributed by atoms with van der Waals surface area (Å²) in [6.45, 7) is 1.72. The molecule has 1 saturated heterocycles. The summed E-state index contributed by atoms with van der Waals surface area (Å²) in [4.78, 5) is 13.2. The van der Waals surface area contributed by atoms with Crippen molar-refractivity contribution in [3.05, 3.63) is 22.6 Å². The number of hydrogen-bond acceptors (Lipinski definition) is 2. The van der Waals surface area contributed by atoms with Crippen LogP contribution in [0.2, 0.25) is 0 Å². The van der Waals surface area contributed by atoms with Gasteiger partial charge in [-0.25, -0.2) is 0 Å². The molecule has 1 aromatic heterocycles. The molecule has 0 saturated carbocycles. The number of halogens is 1. The Morgan fingerprint density at radius 1 is 1.50 bits per heavy atom. The van der Waals surface area contributed by atoms with E-state index in [2.05, 4.69) is 15.9 Å². The molecule has 1 fully saturated rings. The normalized spacial score (nSPS) is 15.9. The lowest BCUT2D eigenvalue weighted by molar-refractivity contribution is 0.0617. The van der Waals surface area contributed by atoms with Crippen LogP contribution in [0.5, 0.6) is 0 Å². The number of carbonyl (C=O) groups is 1. The largest absolute Gasteiger partial charge is 0.444 e. The van der Waals surface area contributed by atoms with Gasteiger partial charge in [0, 0.05) is 13.1 Å². The van der Waals surface area contributed by atoms with Gasteiger partial charge >= 0.3 is 0 Å². The van der Waals surface area contributed by atoms with E-state index in [4.69, 9.17) is 4.42 Å². The lowest BCUT2D eigenvalue weighted by Gasteiger charge is -2.29. The molecule has 0 aromatic carbocycles. The Morgan fingerprint density at radius 2 is 2.25 bits per heavy atom. The summed E-state index contributed by atoms with van der Waals surface area (Å²) in [6.07, 6.45) is 1.10. The maximum absolute atomic E-state index is 11.5. The summed E-state index contributed by atoms with van der Waals surface area (Å²) >= 11 is 3.15. The second-order valence-electron chi connectivity index (χ2n) is 2.75. The van der Waals surface area contributed by atoms with Gasteiger partial charge in [-0.2, -0.15) is 0 Å². The Kier molecular flexibility index (Phi) is 1.92. The second kappa shape index (κ2) is 2.94. The first-order valence-corrected chi connectivity index (χ1v) is 4.61. The molecule has 0 aliphatic carbocycles. The summed E-state index contributed by atoms with van der Waals surface area (Å²) in [5.41, 5.74) is 0. The van der Waals surface area contributed by atoms with Crippen molar-refractivity contribution in [3.63, 3.8) is 0 Å². The Labute approximate surface area is 78.5 Å². The van der Waals surface area contributed by atoms with Crippen LogP contribution in [0.15, 0.2) is 21.2 Å². The molecular weight excluding hydrogens is 222 g/mol. The first-order chi connectivity index (χ1) is 5.77. The lowest BCUT2D eigenvalue weighted by Crippen LogP contribution is -2.41. The fourth-order valence-corrected chi connectivity index (χ4v) is 1.41. The molecule has 1 aromatic rings. The molecule has 0 spiro atoms. The first kappa shape index (κ1) is 7.86.